The van der Waals surface area contributed by atoms with E-state index in [1.54, 1.807) is 12.1 Å². The van der Waals surface area contributed by atoms with Gasteiger partial charge in [-0.2, -0.15) is 0 Å². The van der Waals surface area contributed by atoms with Gasteiger partial charge in [0.05, 0.1) is 43.6 Å². The zero-order chi connectivity index (χ0) is 25.2. The molecule has 0 bridgehead atoms. The second-order valence-electron chi connectivity index (χ2n) is 8.18. The summed E-state index contributed by atoms with van der Waals surface area (Å²) in [7, 11) is -3.86. The van der Waals surface area contributed by atoms with Gasteiger partial charge in [-0.3, -0.25) is 23.7 Å². The summed E-state index contributed by atoms with van der Waals surface area (Å²) in [5.41, 5.74) is 14.7. The largest absolute Gasteiger partial charge is 0.399 e. The maximum Gasteiger partial charge on any atom is 0.263 e. The Balaban J connectivity index is 1.76. The maximum atomic E-state index is 13.2. The fourth-order valence-corrected chi connectivity index (χ4v) is 5.63. The third-order valence-electron chi connectivity index (χ3n) is 6.19. The van der Waals surface area contributed by atoms with Gasteiger partial charge in [-0.15, -0.1) is 0 Å². The third-order valence-corrected chi connectivity index (χ3v) is 7.90. The fourth-order valence-electron chi connectivity index (χ4n) is 4.42. The summed E-state index contributed by atoms with van der Waals surface area (Å²) >= 11 is 0. The van der Waals surface area contributed by atoms with E-state index in [0.29, 0.717) is 10.3 Å². The summed E-state index contributed by atoms with van der Waals surface area (Å²) in [4.78, 5) is 52.6. The fraction of sp³-hybridized carbons (Fsp3) is 0.0833. The number of hydrogen-bond donors (Lipinski definition) is 3. The van der Waals surface area contributed by atoms with Crippen LogP contribution in [-0.4, -0.2) is 18.7 Å². The first-order valence-electron chi connectivity index (χ1n) is 10.4. The summed E-state index contributed by atoms with van der Waals surface area (Å²) in [6, 6.07) is 11.6. The van der Waals surface area contributed by atoms with E-state index in [-0.39, 0.29) is 48.6 Å². The van der Waals surface area contributed by atoms with Gasteiger partial charge in [0, 0.05) is 23.0 Å². The Hall–Kier alpha value is -4.51. The van der Waals surface area contributed by atoms with Gasteiger partial charge in [0.15, 0.2) is 20.7 Å². The predicted molar refractivity (Wildman–Crippen MR) is 136 cm³/mol. The van der Waals surface area contributed by atoms with E-state index in [9.17, 15) is 27.6 Å². The Morgan fingerprint density at radius 3 is 1.57 bits per heavy atom. The van der Waals surface area contributed by atoms with Crippen LogP contribution in [0.5, 0.6) is 0 Å². The van der Waals surface area contributed by atoms with E-state index in [1.165, 1.54) is 36.4 Å². The molecule has 0 saturated heterocycles. The lowest BCUT2D eigenvalue weighted by atomic mass is 9.97. The molecule has 0 amide bonds. The first-order chi connectivity index (χ1) is 16.5. The zero-order valence-electron chi connectivity index (χ0n) is 18.1. The smallest absolute Gasteiger partial charge is 0.263 e. The van der Waals surface area contributed by atoms with Crippen molar-refractivity contribution in [3.8, 4) is 0 Å². The quantitative estimate of drug-likeness (QED) is 0.183. The van der Waals surface area contributed by atoms with Crippen LogP contribution < -0.4 is 39.2 Å². The van der Waals surface area contributed by atoms with Crippen molar-refractivity contribution in [1.82, 2.24) is 4.57 Å². The highest BCUT2D eigenvalue weighted by atomic mass is 32.2. The van der Waals surface area contributed by atoms with Crippen LogP contribution in [0.3, 0.4) is 0 Å². The van der Waals surface area contributed by atoms with Crippen molar-refractivity contribution in [2.24, 2.45) is 0 Å². The summed E-state index contributed by atoms with van der Waals surface area (Å²) in [5.74, 6) is -0.564. The molecule has 11 heteroatoms. The highest BCUT2D eigenvalue weighted by Gasteiger charge is 2.26. The third kappa shape index (κ3) is 3.12. The number of rotatable bonds is 4. The normalized spacial score (nSPS) is 12.1. The number of fused-ring (bicyclic) bond motifs is 3. The van der Waals surface area contributed by atoms with Gasteiger partial charge in [0.1, 0.15) is 0 Å². The van der Waals surface area contributed by atoms with Crippen molar-refractivity contribution in [1.29, 1.82) is 0 Å². The number of nitrogen functional groups attached to an aromatic ring is 3. The lowest BCUT2D eigenvalue weighted by molar-refractivity contribution is 0.587. The maximum absolute atomic E-state index is 13.2. The van der Waals surface area contributed by atoms with Crippen molar-refractivity contribution in [3.63, 3.8) is 0 Å². The molecule has 0 spiro atoms. The van der Waals surface area contributed by atoms with Gasteiger partial charge in [0.25, 0.3) is 11.1 Å². The van der Waals surface area contributed by atoms with Crippen molar-refractivity contribution < 1.29 is 8.42 Å². The number of sulfone groups is 1. The van der Waals surface area contributed by atoms with Gasteiger partial charge >= 0.3 is 0 Å². The molecular formula is C24H18N4O6S. The lowest BCUT2D eigenvalue weighted by Gasteiger charge is -2.07. The molecule has 0 radical (unpaired) electrons. The minimum absolute atomic E-state index is 0.0215. The standard InChI is InChI=1S/C24H18N4O6S/c25-11-5-7-12(8-6-11)35(33,34)10-9-28-23(31)17-18(24(28)32)20(27)16-15(19(17)26)21(29)13-3-1-2-4-14(13)22(16)30/h1-8H,9-10,25-27H2. The molecule has 5 aromatic rings. The molecule has 10 nitrogen and oxygen atoms in total. The number of nitrogens with two attached hydrogens (primary N) is 3. The predicted octanol–water partition coefficient (Wildman–Crippen LogP) is 0.485. The molecule has 35 heavy (non-hydrogen) atoms. The number of anilines is 3. The highest BCUT2D eigenvalue weighted by molar-refractivity contribution is 7.91. The summed E-state index contributed by atoms with van der Waals surface area (Å²) in [6.07, 6.45) is 0. The molecule has 0 saturated carbocycles. The van der Waals surface area contributed by atoms with Gasteiger partial charge in [0.2, 0.25) is 0 Å². The van der Waals surface area contributed by atoms with Crippen molar-refractivity contribution in [2.45, 2.75) is 11.4 Å². The van der Waals surface area contributed by atoms with Crippen molar-refractivity contribution >= 4 is 59.2 Å². The Morgan fingerprint density at radius 1 is 0.657 bits per heavy atom. The molecular weight excluding hydrogens is 472 g/mol. The van der Waals surface area contributed by atoms with Crippen molar-refractivity contribution in [3.05, 3.63) is 89.7 Å². The number of hydrogen-bond acceptors (Lipinski definition) is 9. The van der Waals surface area contributed by atoms with Crippen LogP contribution in [0.15, 0.2) is 72.6 Å². The molecule has 0 aliphatic rings. The number of nitrogens with zero attached hydrogens (tertiary/aromatic N) is 1. The Morgan fingerprint density at radius 2 is 1.11 bits per heavy atom. The van der Waals surface area contributed by atoms with Crippen LogP contribution >= 0.6 is 0 Å². The molecule has 176 valence electrons. The van der Waals surface area contributed by atoms with Crippen LogP contribution in [0.2, 0.25) is 0 Å². The first-order valence-corrected chi connectivity index (χ1v) is 12.1. The monoisotopic (exact) mass is 490 g/mol. The highest BCUT2D eigenvalue weighted by Crippen LogP contribution is 2.31. The van der Waals surface area contributed by atoms with E-state index in [2.05, 4.69) is 0 Å². The average molecular weight is 490 g/mol. The van der Waals surface area contributed by atoms with E-state index in [1.807, 2.05) is 0 Å². The minimum Gasteiger partial charge on any atom is -0.399 e. The summed E-state index contributed by atoms with van der Waals surface area (Å²) in [5, 5.41) is -0.864. The molecule has 4 aromatic carbocycles. The summed E-state index contributed by atoms with van der Waals surface area (Å²) < 4.78 is 26.1. The van der Waals surface area contributed by atoms with Gasteiger partial charge < -0.3 is 17.2 Å². The van der Waals surface area contributed by atoms with Crippen LogP contribution in [0.1, 0.15) is 0 Å². The molecule has 1 aromatic heterocycles. The Labute approximate surface area is 196 Å². The Kier molecular flexibility index (Phi) is 4.78. The van der Waals surface area contributed by atoms with Gasteiger partial charge in [-0.25, -0.2) is 8.42 Å². The van der Waals surface area contributed by atoms with Crippen LogP contribution in [0, 0.1) is 0 Å². The second-order valence-corrected chi connectivity index (χ2v) is 10.3. The number of aromatic nitrogens is 1. The first kappa shape index (κ1) is 22.3. The van der Waals surface area contributed by atoms with E-state index < -0.39 is 44.1 Å². The van der Waals surface area contributed by atoms with Gasteiger partial charge in [-0.1, -0.05) is 24.3 Å². The molecule has 5 rings (SSSR count). The lowest BCUT2D eigenvalue weighted by Crippen LogP contribution is -2.29. The summed E-state index contributed by atoms with van der Waals surface area (Å²) in [6.45, 7) is -0.481. The van der Waals surface area contributed by atoms with Crippen molar-refractivity contribution in [2.75, 3.05) is 23.0 Å². The Bertz CT molecular complexity index is 1910. The zero-order valence-corrected chi connectivity index (χ0v) is 18.9. The molecule has 0 aliphatic carbocycles. The van der Waals surface area contributed by atoms with E-state index >= 15 is 0 Å². The van der Waals surface area contributed by atoms with Crippen LogP contribution in [-0.2, 0) is 16.4 Å². The van der Waals surface area contributed by atoms with E-state index in [0.717, 1.165) is 0 Å². The molecule has 0 fully saturated rings. The topological polar surface area (TPSA) is 185 Å². The number of benzene rings is 4. The molecule has 0 aliphatic heterocycles. The minimum atomic E-state index is -3.86. The van der Waals surface area contributed by atoms with Crippen LogP contribution in [0.4, 0.5) is 17.1 Å². The molecule has 1 heterocycles. The van der Waals surface area contributed by atoms with E-state index in [4.69, 9.17) is 17.2 Å². The van der Waals surface area contributed by atoms with Gasteiger partial charge in [-0.05, 0) is 24.3 Å². The molecule has 0 unspecified atom stereocenters. The van der Waals surface area contributed by atoms with Crippen LogP contribution in [0.25, 0.3) is 32.3 Å². The SMILES string of the molecule is Nc1ccc(S(=O)(=O)CCn2c(=O)c3c(N)c4c(=O)c5ccccc5c(=O)c4c(N)c3c2=O)cc1. The average Bonchev–Trinajstić information content (AvgIpc) is 3.08. The second kappa shape index (κ2) is 7.50. The molecule has 0 atom stereocenters. The molecule has 6 N–H and O–H groups in total.